The van der Waals surface area contributed by atoms with E-state index >= 15 is 0 Å². The summed E-state index contributed by atoms with van der Waals surface area (Å²) < 4.78 is 42.4. The molecule has 5 rings (SSSR count). The Balaban J connectivity index is 1.26. The molecule has 4 aromatic rings. The largest absolute Gasteiger partial charge is 0.573 e. The molecule has 0 saturated carbocycles. The molecule has 0 atom stereocenters. The molecule has 1 aliphatic heterocycles. The number of nitrogens with one attached hydrogen (secondary N) is 1. The molecule has 204 valence electrons. The number of nitrogens with zero attached hydrogens (tertiary/aromatic N) is 5. The first-order valence-corrected chi connectivity index (χ1v) is 13.0. The van der Waals surface area contributed by atoms with Crippen molar-refractivity contribution >= 4 is 40.2 Å². The molecular weight excluding hydrogens is 545 g/mol. The number of aromatic nitrogens is 3. The molecule has 13 heteroatoms. The van der Waals surface area contributed by atoms with Crippen molar-refractivity contribution in [3.63, 3.8) is 0 Å². The summed E-state index contributed by atoms with van der Waals surface area (Å²) in [5, 5.41) is 7.38. The Morgan fingerprint density at radius 1 is 1.07 bits per heavy atom. The third kappa shape index (κ3) is 6.15. The van der Waals surface area contributed by atoms with Crippen LogP contribution in [0.4, 0.5) is 29.3 Å². The fraction of sp³-hybridized carbons (Fsp3) is 0.148. The van der Waals surface area contributed by atoms with E-state index in [-0.39, 0.29) is 17.4 Å². The molecule has 1 saturated heterocycles. The van der Waals surface area contributed by atoms with Gasteiger partial charge in [-0.3, -0.25) is 9.69 Å². The Morgan fingerprint density at radius 2 is 1.80 bits per heavy atom. The fourth-order valence-electron chi connectivity index (χ4n) is 3.97. The maximum Gasteiger partial charge on any atom is 0.573 e. The standard InChI is InChI=1S/C27H21F3N6O3S/c1-2-17-5-3-4-6-22(17)36-23(37)15-40-26(36)33-25(38)32-19-9-7-18(8-10-19)24-31-16-35(34-24)20-11-13-21(14-12-20)39-27(28,29)30/h3-14,16H,2,15H2,1H3,(H,32,38). The first-order chi connectivity index (χ1) is 19.2. The van der Waals surface area contributed by atoms with Gasteiger partial charge in [0.15, 0.2) is 11.0 Å². The van der Waals surface area contributed by atoms with Gasteiger partial charge < -0.3 is 10.1 Å². The number of thioether (sulfide) groups is 1. The highest BCUT2D eigenvalue weighted by atomic mass is 32.2. The predicted octanol–water partition coefficient (Wildman–Crippen LogP) is 6.06. The molecule has 40 heavy (non-hydrogen) atoms. The zero-order chi connectivity index (χ0) is 28.3. The normalized spacial score (nSPS) is 14.6. The van der Waals surface area contributed by atoms with E-state index in [1.54, 1.807) is 24.3 Å². The minimum Gasteiger partial charge on any atom is -0.406 e. The molecule has 1 aliphatic rings. The summed E-state index contributed by atoms with van der Waals surface area (Å²) in [7, 11) is 0. The van der Waals surface area contributed by atoms with E-state index in [0.29, 0.717) is 33.6 Å². The van der Waals surface area contributed by atoms with E-state index in [4.69, 9.17) is 0 Å². The SMILES string of the molecule is CCc1ccccc1N1C(=O)CSC1=NC(=O)Nc1ccc(-c2ncn(-c3ccc(OC(F)(F)F)cc3)n2)cc1. The average Bonchev–Trinajstić information content (AvgIpc) is 3.56. The fourth-order valence-corrected chi connectivity index (χ4v) is 4.83. The molecule has 0 spiro atoms. The summed E-state index contributed by atoms with van der Waals surface area (Å²) in [4.78, 5) is 35.1. The Bertz CT molecular complexity index is 1570. The minimum atomic E-state index is -4.77. The molecule has 1 aromatic heterocycles. The summed E-state index contributed by atoms with van der Waals surface area (Å²) >= 11 is 1.20. The van der Waals surface area contributed by atoms with Gasteiger partial charge in [0.05, 0.1) is 17.1 Å². The Morgan fingerprint density at radius 3 is 2.50 bits per heavy atom. The smallest absolute Gasteiger partial charge is 0.406 e. The lowest BCUT2D eigenvalue weighted by Gasteiger charge is -2.19. The second-order valence-corrected chi connectivity index (χ2v) is 9.40. The van der Waals surface area contributed by atoms with Crippen molar-refractivity contribution in [3.8, 4) is 22.8 Å². The molecular formula is C27H21F3N6O3S. The molecule has 0 bridgehead atoms. The number of urea groups is 1. The van der Waals surface area contributed by atoms with Crippen molar-refractivity contribution in [3.05, 3.63) is 84.7 Å². The molecule has 2 heterocycles. The van der Waals surface area contributed by atoms with Crippen LogP contribution in [0.25, 0.3) is 17.1 Å². The number of ether oxygens (including phenoxy) is 1. The summed E-state index contributed by atoms with van der Waals surface area (Å²) in [6.45, 7) is 1.99. The number of amides is 3. The van der Waals surface area contributed by atoms with Crippen LogP contribution in [0.1, 0.15) is 12.5 Å². The number of rotatable bonds is 6. The molecule has 0 unspecified atom stereocenters. The number of alkyl halides is 3. The molecule has 1 N–H and O–H groups in total. The zero-order valence-corrected chi connectivity index (χ0v) is 21.7. The monoisotopic (exact) mass is 566 g/mol. The summed E-state index contributed by atoms with van der Waals surface area (Å²) in [5.74, 6) is 0.0967. The predicted molar refractivity (Wildman–Crippen MR) is 146 cm³/mol. The van der Waals surface area contributed by atoms with E-state index in [0.717, 1.165) is 12.0 Å². The van der Waals surface area contributed by atoms with Gasteiger partial charge >= 0.3 is 12.4 Å². The van der Waals surface area contributed by atoms with Gasteiger partial charge in [0.2, 0.25) is 5.91 Å². The van der Waals surface area contributed by atoms with Gasteiger partial charge in [-0.1, -0.05) is 36.9 Å². The summed E-state index contributed by atoms with van der Waals surface area (Å²) in [6.07, 6.45) is -2.60. The van der Waals surface area contributed by atoms with Crippen LogP contribution in [0.5, 0.6) is 5.75 Å². The highest BCUT2D eigenvalue weighted by Gasteiger charge is 2.32. The number of carbonyl (C=O) groups excluding carboxylic acids is 2. The van der Waals surface area contributed by atoms with Gasteiger partial charge in [-0.05, 0) is 66.6 Å². The van der Waals surface area contributed by atoms with Gasteiger partial charge in [-0.15, -0.1) is 18.3 Å². The van der Waals surface area contributed by atoms with Gasteiger partial charge in [0.1, 0.15) is 12.1 Å². The van der Waals surface area contributed by atoms with Gasteiger partial charge in [-0.25, -0.2) is 14.5 Å². The lowest BCUT2D eigenvalue weighted by Crippen LogP contribution is -2.31. The van der Waals surface area contributed by atoms with Crippen LogP contribution < -0.4 is 15.0 Å². The highest BCUT2D eigenvalue weighted by Crippen LogP contribution is 2.30. The van der Waals surface area contributed by atoms with Crippen LogP contribution in [-0.4, -0.2) is 44.0 Å². The van der Waals surface area contributed by atoms with Crippen molar-refractivity contribution in [1.82, 2.24) is 14.8 Å². The molecule has 0 aliphatic carbocycles. The third-order valence-corrected chi connectivity index (χ3v) is 6.72. The van der Waals surface area contributed by atoms with Crippen molar-refractivity contribution in [1.29, 1.82) is 0 Å². The lowest BCUT2D eigenvalue weighted by molar-refractivity contribution is -0.274. The van der Waals surface area contributed by atoms with E-state index in [9.17, 15) is 22.8 Å². The van der Waals surface area contributed by atoms with Gasteiger partial charge in [0.25, 0.3) is 0 Å². The van der Waals surface area contributed by atoms with Crippen molar-refractivity contribution in [2.45, 2.75) is 19.7 Å². The Kier molecular flexibility index (Phi) is 7.56. The number of aryl methyl sites for hydroxylation is 1. The van der Waals surface area contributed by atoms with Gasteiger partial charge in [0, 0.05) is 11.3 Å². The maximum absolute atomic E-state index is 12.7. The number of carbonyl (C=O) groups is 2. The second-order valence-electron chi connectivity index (χ2n) is 8.46. The van der Waals surface area contributed by atoms with Crippen LogP contribution in [0.15, 0.2) is 84.1 Å². The number of para-hydroxylation sites is 1. The topological polar surface area (TPSA) is 102 Å². The van der Waals surface area contributed by atoms with E-state index in [2.05, 4.69) is 25.1 Å². The maximum atomic E-state index is 12.7. The van der Waals surface area contributed by atoms with Crippen LogP contribution in [0.2, 0.25) is 0 Å². The summed E-state index contributed by atoms with van der Waals surface area (Å²) in [6, 6.07) is 18.9. The highest BCUT2D eigenvalue weighted by molar-refractivity contribution is 8.15. The number of hydrogen-bond donors (Lipinski definition) is 1. The zero-order valence-electron chi connectivity index (χ0n) is 20.9. The van der Waals surface area contributed by atoms with Crippen LogP contribution in [0.3, 0.4) is 0 Å². The van der Waals surface area contributed by atoms with E-state index < -0.39 is 12.4 Å². The van der Waals surface area contributed by atoms with Crippen molar-refractivity contribution in [2.75, 3.05) is 16.0 Å². The number of anilines is 2. The van der Waals surface area contributed by atoms with Crippen LogP contribution >= 0.6 is 11.8 Å². The quantitative estimate of drug-likeness (QED) is 0.304. The molecule has 9 nitrogen and oxygen atoms in total. The lowest BCUT2D eigenvalue weighted by atomic mass is 10.1. The first kappa shape index (κ1) is 26.9. The average molecular weight is 567 g/mol. The summed E-state index contributed by atoms with van der Waals surface area (Å²) in [5.41, 5.74) is 3.32. The molecule has 1 fully saturated rings. The Labute approximate surface area is 230 Å². The van der Waals surface area contributed by atoms with Crippen LogP contribution in [-0.2, 0) is 11.2 Å². The number of amidine groups is 1. The second kappa shape index (κ2) is 11.2. The number of hydrogen-bond acceptors (Lipinski definition) is 6. The minimum absolute atomic E-state index is 0.140. The van der Waals surface area contributed by atoms with Crippen molar-refractivity contribution < 1.29 is 27.5 Å². The number of benzene rings is 3. The van der Waals surface area contributed by atoms with E-state index in [1.165, 1.54) is 51.9 Å². The van der Waals surface area contributed by atoms with Crippen molar-refractivity contribution in [2.24, 2.45) is 4.99 Å². The van der Waals surface area contributed by atoms with Gasteiger partial charge in [-0.2, -0.15) is 4.99 Å². The first-order valence-electron chi connectivity index (χ1n) is 12.0. The number of aliphatic imine (C=N–C) groups is 1. The molecule has 0 radical (unpaired) electrons. The third-order valence-electron chi connectivity index (χ3n) is 5.80. The molecule has 3 aromatic carbocycles. The van der Waals surface area contributed by atoms with Crippen LogP contribution in [0, 0.1) is 0 Å². The molecule has 3 amide bonds. The van der Waals surface area contributed by atoms with E-state index in [1.807, 2.05) is 31.2 Å². The Hall–Kier alpha value is -4.65. The number of halogens is 3.